The number of alkyl halides is 3. The zero-order chi connectivity index (χ0) is 21.7. The normalized spacial score (nSPS) is 13.2. The van der Waals surface area contributed by atoms with Crippen LogP contribution in [0.2, 0.25) is 5.02 Å². The number of carbonyl (C=O) groups excluding carboxylic acids is 2. The highest BCUT2D eigenvalue weighted by Gasteiger charge is 2.63. The molecule has 2 N–H and O–H groups in total. The molecule has 0 heterocycles. The fourth-order valence-electron chi connectivity index (χ4n) is 2.38. The first-order valence-electron chi connectivity index (χ1n) is 8.38. The highest BCUT2D eigenvalue weighted by molar-refractivity contribution is 6.33. The molecule has 2 rings (SSSR count). The summed E-state index contributed by atoms with van der Waals surface area (Å²) in [4.78, 5) is 25.0. The Labute approximate surface area is 169 Å². The Kier molecular flexibility index (Phi) is 6.97. The minimum absolute atomic E-state index is 0.0795. The van der Waals surface area contributed by atoms with E-state index >= 15 is 0 Å². The lowest BCUT2D eigenvalue weighted by Crippen LogP contribution is -2.69. The number of carbonyl (C=O) groups is 2. The monoisotopic (exact) mass is 430 g/mol. The molecule has 29 heavy (non-hydrogen) atoms. The Hall–Kier alpha value is -2.94. The fraction of sp³-hybridized carbons (Fsp3) is 0.263. The summed E-state index contributed by atoms with van der Waals surface area (Å²) in [6.07, 6.45) is -5.26. The zero-order valence-corrected chi connectivity index (χ0v) is 16.2. The number of esters is 1. The maximum absolute atomic E-state index is 14.1. The average Bonchev–Trinajstić information content (AvgIpc) is 2.68. The van der Waals surface area contributed by atoms with Gasteiger partial charge in [0.1, 0.15) is 5.75 Å². The molecule has 1 atom stereocenters. The van der Waals surface area contributed by atoms with Crippen LogP contribution in [0.1, 0.15) is 17.3 Å². The average molecular weight is 431 g/mol. The van der Waals surface area contributed by atoms with E-state index in [9.17, 15) is 22.8 Å². The topological polar surface area (TPSA) is 76.7 Å². The van der Waals surface area contributed by atoms with Crippen LogP contribution in [0, 0.1) is 0 Å². The van der Waals surface area contributed by atoms with Crippen LogP contribution in [0.15, 0.2) is 48.5 Å². The van der Waals surface area contributed by atoms with Gasteiger partial charge in [0, 0.05) is 5.56 Å². The summed E-state index contributed by atoms with van der Waals surface area (Å²) in [7, 11) is 1.40. The molecule has 1 unspecified atom stereocenters. The zero-order valence-electron chi connectivity index (χ0n) is 15.5. The highest BCUT2D eigenvalue weighted by atomic mass is 35.5. The van der Waals surface area contributed by atoms with Gasteiger partial charge < -0.3 is 20.1 Å². The predicted octanol–water partition coefficient (Wildman–Crippen LogP) is 4.01. The predicted molar refractivity (Wildman–Crippen MR) is 101 cm³/mol. The van der Waals surface area contributed by atoms with Crippen LogP contribution in [-0.2, 0) is 9.53 Å². The largest absolute Gasteiger partial charge is 0.497 e. The van der Waals surface area contributed by atoms with Crippen molar-refractivity contribution in [2.45, 2.75) is 18.8 Å². The third-order valence-electron chi connectivity index (χ3n) is 3.86. The lowest BCUT2D eigenvalue weighted by Gasteiger charge is -2.35. The molecule has 0 bridgehead atoms. The maximum atomic E-state index is 14.1. The van der Waals surface area contributed by atoms with Gasteiger partial charge in [0.2, 0.25) is 0 Å². The third-order valence-corrected chi connectivity index (χ3v) is 4.19. The van der Waals surface area contributed by atoms with E-state index in [1.807, 2.05) is 5.32 Å². The molecule has 0 saturated carbocycles. The summed E-state index contributed by atoms with van der Waals surface area (Å²) >= 11 is 5.94. The van der Waals surface area contributed by atoms with Gasteiger partial charge in [0.25, 0.3) is 5.91 Å². The number of amides is 1. The number of anilines is 1. The second-order valence-corrected chi connectivity index (χ2v) is 6.16. The summed E-state index contributed by atoms with van der Waals surface area (Å²) in [6.45, 7) is 1.01. The number of para-hydroxylation sites is 1. The van der Waals surface area contributed by atoms with Crippen molar-refractivity contribution in [3.05, 3.63) is 59.1 Å². The molecule has 2 aromatic rings. The molecule has 0 saturated heterocycles. The molecule has 0 aliphatic carbocycles. The Bertz CT molecular complexity index is 875. The standard InChI is InChI=1S/C19H18ClF3N2O4/c1-3-29-17(27)18(19(21,22)23,24-15-7-5-4-6-14(15)20)25-16(26)12-8-10-13(28-2)11-9-12/h4-11,24H,3H2,1-2H3,(H,25,26). The first-order valence-corrected chi connectivity index (χ1v) is 8.75. The molecule has 156 valence electrons. The number of halogens is 4. The van der Waals surface area contributed by atoms with Crippen molar-refractivity contribution < 1.29 is 32.2 Å². The lowest BCUT2D eigenvalue weighted by molar-refractivity contribution is -0.204. The Morgan fingerprint density at radius 2 is 1.69 bits per heavy atom. The minimum Gasteiger partial charge on any atom is -0.497 e. The first-order chi connectivity index (χ1) is 13.6. The SMILES string of the molecule is CCOC(=O)C(NC(=O)c1ccc(OC)cc1)(Nc1ccccc1Cl)C(F)(F)F. The second-order valence-electron chi connectivity index (χ2n) is 5.76. The van der Waals surface area contributed by atoms with Gasteiger partial charge in [-0.15, -0.1) is 0 Å². The molecule has 1 amide bonds. The van der Waals surface area contributed by atoms with Crippen molar-refractivity contribution in [2.75, 3.05) is 19.0 Å². The van der Waals surface area contributed by atoms with Crippen LogP contribution < -0.4 is 15.4 Å². The van der Waals surface area contributed by atoms with E-state index in [2.05, 4.69) is 4.74 Å². The van der Waals surface area contributed by atoms with Gasteiger partial charge >= 0.3 is 17.8 Å². The number of benzene rings is 2. The van der Waals surface area contributed by atoms with Gasteiger partial charge in [-0.25, -0.2) is 4.79 Å². The molecular weight excluding hydrogens is 413 g/mol. The van der Waals surface area contributed by atoms with Crippen molar-refractivity contribution in [1.82, 2.24) is 5.32 Å². The number of hydrogen-bond donors (Lipinski definition) is 2. The van der Waals surface area contributed by atoms with Crippen molar-refractivity contribution in [1.29, 1.82) is 0 Å². The van der Waals surface area contributed by atoms with Crippen LogP contribution in [-0.4, -0.2) is 37.4 Å². The van der Waals surface area contributed by atoms with Crippen LogP contribution in [0.5, 0.6) is 5.75 Å². The molecule has 2 aromatic carbocycles. The van der Waals surface area contributed by atoms with Gasteiger partial charge in [-0.05, 0) is 43.3 Å². The Morgan fingerprint density at radius 1 is 1.07 bits per heavy atom. The van der Waals surface area contributed by atoms with Gasteiger partial charge in [0.15, 0.2) is 0 Å². The molecular formula is C19H18ClF3N2O4. The number of ether oxygens (including phenoxy) is 2. The molecule has 0 fully saturated rings. The van der Waals surface area contributed by atoms with Crippen molar-refractivity contribution in [3.63, 3.8) is 0 Å². The lowest BCUT2D eigenvalue weighted by atomic mass is 10.1. The number of nitrogens with one attached hydrogen (secondary N) is 2. The van der Waals surface area contributed by atoms with Crippen LogP contribution in [0.3, 0.4) is 0 Å². The van der Waals surface area contributed by atoms with Crippen LogP contribution in [0.25, 0.3) is 0 Å². The molecule has 0 aromatic heterocycles. The second kappa shape index (κ2) is 9.04. The Balaban J connectivity index is 2.50. The van der Waals surface area contributed by atoms with Crippen molar-refractivity contribution >= 4 is 29.2 Å². The summed E-state index contributed by atoms with van der Waals surface area (Å²) in [5.41, 5.74) is -3.90. The fourth-order valence-corrected chi connectivity index (χ4v) is 2.56. The number of rotatable bonds is 7. The maximum Gasteiger partial charge on any atom is 0.441 e. The van der Waals surface area contributed by atoms with E-state index in [4.69, 9.17) is 16.3 Å². The number of methoxy groups -OCH3 is 1. The first kappa shape index (κ1) is 22.4. The van der Waals surface area contributed by atoms with Crippen LogP contribution in [0.4, 0.5) is 18.9 Å². The minimum atomic E-state index is -5.26. The van der Waals surface area contributed by atoms with Crippen LogP contribution >= 0.6 is 11.6 Å². The molecule has 0 aliphatic rings. The summed E-state index contributed by atoms with van der Waals surface area (Å²) in [6, 6.07) is 10.8. The Morgan fingerprint density at radius 3 is 2.21 bits per heavy atom. The van der Waals surface area contributed by atoms with Crippen molar-refractivity contribution in [3.8, 4) is 5.75 Å². The van der Waals surface area contributed by atoms with Gasteiger partial charge in [0.05, 0.1) is 24.4 Å². The van der Waals surface area contributed by atoms with E-state index in [1.54, 1.807) is 5.32 Å². The van der Waals surface area contributed by atoms with E-state index in [0.29, 0.717) is 5.75 Å². The molecule has 0 radical (unpaired) electrons. The van der Waals surface area contributed by atoms with E-state index in [1.165, 1.54) is 62.6 Å². The van der Waals surface area contributed by atoms with Gasteiger partial charge in [-0.1, -0.05) is 23.7 Å². The van der Waals surface area contributed by atoms with E-state index in [0.717, 1.165) is 0 Å². The van der Waals surface area contributed by atoms with Gasteiger partial charge in [-0.2, -0.15) is 13.2 Å². The summed E-state index contributed by atoms with van der Waals surface area (Å²) < 4.78 is 51.9. The third kappa shape index (κ3) is 4.92. The molecule has 0 spiro atoms. The highest BCUT2D eigenvalue weighted by Crippen LogP contribution is 2.35. The molecule has 6 nitrogen and oxygen atoms in total. The van der Waals surface area contributed by atoms with E-state index < -0.39 is 23.7 Å². The molecule has 10 heteroatoms. The van der Waals surface area contributed by atoms with E-state index in [-0.39, 0.29) is 22.9 Å². The van der Waals surface area contributed by atoms with Gasteiger partial charge in [-0.3, -0.25) is 4.79 Å². The number of hydrogen-bond acceptors (Lipinski definition) is 5. The summed E-state index contributed by atoms with van der Waals surface area (Å²) in [5, 5.41) is 3.68. The smallest absolute Gasteiger partial charge is 0.441 e. The quantitative estimate of drug-likeness (QED) is 0.512. The van der Waals surface area contributed by atoms with Crippen molar-refractivity contribution in [2.24, 2.45) is 0 Å². The molecule has 0 aliphatic heterocycles. The summed E-state index contributed by atoms with van der Waals surface area (Å²) in [5.74, 6) is -2.48.